The number of esters is 1. The molecule has 108 valence electrons. The highest BCUT2D eigenvalue weighted by Crippen LogP contribution is 2.08. The van der Waals surface area contributed by atoms with Crippen molar-refractivity contribution >= 4 is 12.2 Å². The van der Waals surface area contributed by atoms with Gasteiger partial charge in [-0.15, -0.1) is 0 Å². The molecule has 1 atom stereocenters. The van der Waals surface area contributed by atoms with Crippen molar-refractivity contribution in [1.29, 1.82) is 0 Å². The third-order valence-corrected chi connectivity index (χ3v) is 3.03. The van der Waals surface area contributed by atoms with Crippen molar-refractivity contribution in [3.63, 3.8) is 0 Å². The van der Waals surface area contributed by atoms with Gasteiger partial charge in [-0.2, -0.15) is 0 Å². The Morgan fingerprint density at radius 1 is 1.10 bits per heavy atom. The van der Waals surface area contributed by atoms with Gasteiger partial charge in [-0.05, 0) is 18.1 Å². The van der Waals surface area contributed by atoms with Gasteiger partial charge < -0.3 is 4.74 Å². The minimum absolute atomic E-state index is 0.284. The van der Waals surface area contributed by atoms with Crippen LogP contribution in [0.1, 0.15) is 18.1 Å². The van der Waals surface area contributed by atoms with Crippen LogP contribution in [0, 0.1) is 0 Å². The van der Waals surface area contributed by atoms with Gasteiger partial charge in [0.15, 0.2) is 6.04 Å². The van der Waals surface area contributed by atoms with Crippen molar-refractivity contribution in [2.45, 2.75) is 19.4 Å². The van der Waals surface area contributed by atoms with Crippen LogP contribution in [0.5, 0.6) is 0 Å². The maximum absolute atomic E-state index is 12.0. The number of benzene rings is 2. The number of hydrogen-bond acceptors (Lipinski definition) is 3. The topological polar surface area (TPSA) is 38.7 Å². The van der Waals surface area contributed by atoms with Gasteiger partial charge in [-0.25, -0.2) is 4.79 Å². The normalized spacial score (nSPS) is 12.2. The molecule has 0 unspecified atom stereocenters. The van der Waals surface area contributed by atoms with Crippen molar-refractivity contribution in [3.05, 3.63) is 71.8 Å². The van der Waals surface area contributed by atoms with Gasteiger partial charge >= 0.3 is 5.97 Å². The molecule has 0 fully saturated rings. The Hall–Kier alpha value is -2.42. The zero-order chi connectivity index (χ0) is 14.9. The molecule has 0 aliphatic rings. The van der Waals surface area contributed by atoms with Crippen molar-refractivity contribution in [2.24, 2.45) is 4.99 Å². The van der Waals surface area contributed by atoms with E-state index in [1.807, 2.05) is 60.7 Å². The summed E-state index contributed by atoms with van der Waals surface area (Å²) in [6.45, 7) is 2.17. The zero-order valence-corrected chi connectivity index (χ0v) is 12.1. The standard InChI is InChI=1S/C18H19NO2/c1-2-21-18(20)17(13-15-9-5-3-6-10-15)19-14-16-11-7-4-8-12-16/h3-12,14,17H,2,13H2,1H3/b19-14+/t17-/m0/s1. The van der Waals surface area contributed by atoms with Gasteiger partial charge in [0.1, 0.15) is 0 Å². The first-order valence-electron chi connectivity index (χ1n) is 7.08. The van der Waals surface area contributed by atoms with E-state index in [9.17, 15) is 4.79 Å². The van der Waals surface area contributed by atoms with Gasteiger partial charge in [0.2, 0.25) is 0 Å². The Labute approximate surface area is 125 Å². The summed E-state index contributed by atoms with van der Waals surface area (Å²) in [5.41, 5.74) is 2.04. The number of ether oxygens (including phenoxy) is 1. The molecule has 3 heteroatoms. The summed E-state index contributed by atoms with van der Waals surface area (Å²) in [6, 6.07) is 19.1. The van der Waals surface area contributed by atoms with E-state index in [0.717, 1.165) is 11.1 Å². The number of carbonyl (C=O) groups is 1. The number of nitrogens with zero attached hydrogens (tertiary/aromatic N) is 1. The first-order chi connectivity index (χ1) is 10.3. The lowest BCUT2D eigenvalue weighted by Crippen LogP contribution is -2.24. The van der Waals surface area contributed by atoms with Gasteiger partial charge in [0.25, 0.3) is 0 Å². The highest BCUT2D eigenvalue weighted by Gasteiger charge is 2.18. The molecule has 0 bridgehead atoms. The molecule has 0 aromatic heterocycles. The fraction of sp³-hybridized carbons (Fsp3) is 0.222. The molecule has 0 radical (unpaired) electrons. The van der Waals surface area contributed by atoms with Crippen LogP contribution in [0.25, 0.3) is 0 Å². The Bertz CT molecular complexity index is 579. The lowest BCUT2D eigenvalue weighted by Gasteiger charge is -2.11. The molecule has 2 aromatic rings. The second-order valence-electron chi connectivity index (χ2n) is 4.65. The monoisotopic (exact) mass is 281 g/mol. The fourth-order valence-corrected chi connectivity index (χ4v) is 1.99. The third kappa shape index (κ3) is 4.88. The van der Waals surface area contributed by atoms with E-state index < -0.39 is 6.04 Å². The average molecular weight is 281 g/mol. The van der Waals surface area contributed by atoms with Crippen LogP contribution >= 0.6 is 0 Å². The fourth-order valence-electron chi connectivity index (χ4n) is 1.99. The SMILES string of the molecule is CCOC(=O)[C@H](Cc1ccccc1)/N=C/c1ccccc1. The molecule has 0 aliphatic heterocycles. The van der Waals surface area contributed by atoms with Crippen LogP contribution < -0.4 is 0 Å². The van der Waals surface area contributed by atoms with E-state index >= 15 is 0 Å². The lowest BCUT2D eigenvalue weighted by atomic mass is 10.1. The first-order valence-corrected chi connectivity index (χ1v) is 7.08. The van der Waals surface area contributed by atoms with Gasteiger partial charge in [-0.1, -0.05) is 60.7 Å². The Balaban J connectivity index is 2.12. The van der Waals surface area contributed by atoms with E-state index in [0.29, 0.717) is 13.0 Å². The molecule has 0 saturated carbocycles. The van der Waals surface area contributed by atoms with Crippen molar-refractivity contribution in [2.75, 3.05) is 6.61 Å². The molecule has 0 amide bonds. The summed E-state index contributed by atoms with van der Waals surface area (Å²) in [4.78, 5) is 16.4. The van der Waals surface area contributed by atoms with Crippen molar-refractivity contribution in [3.8, 4) is 0 Å². The molecule has 0 spiro atoms. The number of aliphatic imine (C=N–C) groups is 1. The summed E-state index contributed by atoms with van der Waals surface area (Å²) in [5.74, 6) is -0.284. The second-order valence-corrected chi connectivity index (χ2v) is 4.65. The summed E-state index contributed by atoms with van der Waals surface area (Å²) < 4.78 is 5.11. The van der Waals surface area contributed by atoms with Gasteiger partial charge in [-0.3, -0.25) is 4.99 Å². The minimum Gasteiger partial charge on any atom is -0.464 e. The third-order valence-electron chi connectivity index (χ3n) is 3.03. The second kappa shape index (κ2) is 8.00. The molecule has 21 heavy (non-hydrogen) atoms. The smallest absolute Gasteiger partial charge is 0.331 e. The van der Waals surface area contributed by atoms with E-state index in [1.54, 1.807) is 13.1 Å². The molecule has 3 nitrogen and oxygen atoms in total. The number of hydrogen-bond donors (Lipinski definition) is 0. The van der Waals surface area contributed by atoms with Crippen LogP contribution in [0.15, 0.2) is 65.7 Å². The molecule has 0 aliphatic carbocycles. The van der Waals surface area contributed by atoms with E-state index in [4.69, 9.17) is 4.74 Å². The van der Waals surface area contributed by atoms with Crippen LogP contribution in [-0.2, 0) is 16.0 Å². The van der Waals surface area contributed by atoms with E-state index in [1.165, 1.54) is 0 Å². The average Bonchev–Trinajstić information content (AvgIpc) is 2.53. The lowest BCUT2D eigenvalue weighted by molar-refractivity contribution is -0.144. The van der Waals surface area contributed by atoms with E-state index in [2.05, 4.69) is 4.99 Å². The maximum atomic E-state index is 12.0. The highest BCUT2D eigenvalue weighted by atomic mass is 16.5. The number of carbonyl (C=O) groups excluding carboxylic acids is 1. The van der Waals surface area contributed by atoms with Crippen molar-refractivity contribution < 1.29 is 9.53 Å². The highest BCUT2D eigenvalue weighted by molar-refractivity contribution is 5.84. The molecule has 2 aromatic carbocycles. The molecule has 0 saturated heterocycles. The van der Waals surface area contributed by atoms with Crippen LogP contribution in [0.2, 0.25) is 0 Å². The summed E-state index contributed by atoms with van der Waals surface area (Å²) in [6.07, 6.45) is 2.27. The Kier molecular flexibility index (Phi) is 5.71. The minimum atomic E-state index is -0.507. The Morgan fingerprint density at radius 3 is 2.33 bits per heavy atom. The molecule has 0 heterocycles. The van der Waals surface area contributed by atoms with E-state index in [-0.39, 0.29) is 5.97 Å². The first kappa shape index (κ1) is 15.0. The van der Waals surface area contributed by atoms with Gasteiger partial charge in [0.05, 0.1) is 6.61 Å². The molecular formula is C18H19NO2. The largest absolute Gasteiger partial charge is 0.464 e. The quantitative estimate of drug-likeness (QED) is 0.602. The van der Waals surface area contributed by atoms with Crippen LogP contribution in [0.4, 0.5) is 0 Å². The summed E-state index contributed by atoms with van der Waals surface area (Å²) >= 11 is 0. The predicted molar refractivity (Wildman–Crippen MR) is 84.6 cm³/mol. The predicted octanol–water partition coefficient (Wildman–Crippen LogP) is 3.28. The van der Waals surface area contributed by atoms with Crippen molar-refractivity contribution in [1.82, 2.24) is 0 Å². The van der Waals surface area contributed by atoms with Crippen LogP contribution in [-0.4, -0.2) is 24.8 Å². The maximum Gasteiger partial charge on any atom is 0.331 e. The van der Waals surface area contributed by atoms with Crippen LogP contribution in [0.3, 0.4) is 0 Å². The molecule has 2 rings (SSSR count). The van der Waals surface area contributed by atoms with Gasteiger partial charge in [0, 0.05) is 12.6 Å². The molecular weight excluding hydrogens is 262 g/mol. The molecule has 0 N–H and O–H groups in total. The summed E-state index contributed by atoms with van der Waals surface area (Å²) in [7, 11) is 0. The zero-order valence-electron chi connectivity index (χ0n) is 12.1. The Morgan fingerprint density at radius 2 is 1.71 bits per heavy atom. The number of rotatable bonds is 6. The summed E-state index contributed by atoms with van der Waals surface area (Å²) in [5, 5.41) is 0.